The highest BCUT2D eigenvalue weighted by atomic mass is 32.2. The molecule has 0 saturated heterocycles. The highest BCUT2D eigenvalue weighted by Crippen LogP contribution is 2.32. The summed E-state index contributed by atoms with van der Waals surface area (Å²) >= 11 is 1.56. The zero-order valence-corrected chi connectivity index (χ0v) is 18.6. The standard InChI is InChI=1S/C24H24N4O2S/c1-5-12-28-22(20-8-6-7-9-21(20)29-4)26-27-24(28)31-15-18-14-30-23(25-18)19-11-10-16(2)13-17(19)3/h5-11,13-14H,1,12,15H2,2-4H3. The number of aryl methyl sites for hydroxylation is 2. The van der Waals surface area contributed by atoms with Crippen molar-refractivity contribution in [3.05, 3.63) is 78.2 Å². The summed E-state index contributed by atoms with van der Waals surface area (Å²) in [5, 5.41) is 9.61. The second kappa shape index (κ2) is 9.22. The maximum Gasteiger partial charge on any atom is 0.226 e. The van der Waals surface area contributed by atoms with E-state index in [1.165, 1.54) is 5.56 Å². The molecule has 0 unspecified atom stereocenters. The van der Waals surface area contributed by atoms with Crippen LogP contribution in [0.25, 0.3) is 22.8 Å². The summed E-state index contributed by atoms with van der Waals surface area (Å²) in [6.07, 6.45) is 3.54. The van der Waals surface area contributed by atoms with E-state index in [1.807, 2.05) is 41.0 Å². The van der Waals surface area contributed by atoms with Crippen molar-refractivity contribution in [3.63, 3.8) is 0 Å². The summed E-state index contributed by atoms with van der Waals surface area (Å²) in [5.41, 5.74) is 5.12. The average molecular weight is 433 g/mol. The fraction of sp³-hybridized carbons (Fsp3) is 0.208. The van der Waals surface area contributed by atoms with Gasteiger partial charge in [0.15, 0.2) is 11.0 Å². The van der Waals surface area contributed by atoms with Gasteiger partial charge < -0.3 is 9.15 Å². The summed E-state index contributed by atoms with van der Waals surface area (Å²) in [7, 11) is 1.65. The Kier molecular flexibility index (Phi) is 6.23. The molecule has 0 radical (unpaired) electrons. The molecule has 7 heteroatoms. The molecule has 4 rings (SSSR count). The van der Waals surface area contributed by atoms with Crippen LogP contribution in [0.15, 0.2) is 71.0 Å². The number of ether oxygens (including phenoxy) is 1. The van der Waals surface area contributed by atoms with Crippen LogP contribution in [0, 0.1) is 13.8 Å². The Balaban J connectivity index is 1.56. The van der Waals surface area contributed by atoms with Crippen molar-refractivity contribution >= 4 is 11.8 Å². The lowest BCUT2D eigenvalue weighted by Gasteiger charge is -2.10. The lowest BCUT2D eigenvalue weighted by Crippen LogP contribution is -2.01. The van der Waals surface area contributed by atoms with E-state index in [1.54, 1.807) is 25.1 Å². The lowest BCUT2D eigenvalue weighted by atomic mass is 10.1. The lowest BCUT2D eigenvalue weighted by molar-refractivity contribution is 0.416. The Morgan fingerprint density at radius 3 is 2.74 bits per heavy atom. The number of nitrogens with zero attached hydrogens (tertiary/aromatic N) is 4. The van der Waals surface area contributed by atoms with Gasteiger partial charge in [-0.3, -0.25) is 4.57 Å². The van der Waals surface area contributed by atoms with Crippen LogP contribution in [0.1, 0.15) is 16.8 Å². The first-order valence-electron chi connectivity index (χ1n) is 9.93. The van der Waals surface area contributed by atoms with Crippen molar-refractivity contribution < 1.29 is 9.15 Å². The van der Waals surface area contributed by atoms with Crippen LogP contribution in [-0.2, 0) is 12.3 Å². The summed E-state index contributed by atoms with van der Waals surface area (Å²) < 4.78 is 13.3. The van der Waals surface area contributed by atoms with Crippen molar-refractivity contribution in [1.82, 2.24) is 19.7 Å². The molecule has 0 fully saturated rings. The number of methoxy groups -OCH3 is 1. The molecular weight excluding hydrogens is 408 g/mol. The predicted molar refractivity (Wildman–Crippen MR) is 123 cm³/mol. The minimum absolute atomic E-state index is 0.593. The van der Waals surface area contributed by atoms with E-state index < -0.39 is 0 Å². The van der Waals surface area contributed by atoms with Crippen LogP contribution in [-0.4, -0.2) is 26.9 Å². The third kappa shape index (κ3) is 4.41. The Morgan fingerprint density at radius 2 is 1.97 bits per heavy atom. The maximum atomic E-state index is 5.74. The smallest absolute Gasteiger partial charge is 0.226 e. The minimum Gasteiger partial charge on any atom is -0.496 e. The van der Waals surface area contributed by atoms with Crippen molar-refractivity contribution in [1.29, 1.82) is 0 Å². The molecule has 0 atom stereocenters. The Morgan fingerprint density at radius 1 is 1.13 bits per heavy atom. The third-order valence-electron chi connectivity index (χ3n) is 4.89. The Bertz CT molecular complexity index is 1210. The van der Waals surface area contributed by atoms with Gasteiger partial charge in [0.05, 0.1) is 18.4 Å². The average Bonchev–Trinajstić information content (AvgIpc) is 3.39. The van der Waals surface area contributed by atoms with Crippen LogP contribution < -0.4 is 4.74 Å². The fourth-order valence-corrected chi connectivity index (χ4v) is 4.23. The molecule has 0 aliphatic heterocycles. The number of hydrogen-bond donors (Lipinski definition) is 0. The second-order valence-electron chi connectivity index (χ2n) is 7.16. The molecule has 158 valence electrons. The van der Waals surface area contributed by atoms with E-state index in [2.05, 4.69) is 47.7 Å². The SMILES string of the molecule is C=CCn1c(SCc2coc(-c3ccc(C)cc3C)n2)nnc1-c1ccccc1OC. The molecule has 0 N–H and O–H groups in total. The molecule has 0 spiro atoms. The van der Waals surface area contributed by atoms with Crippen LogP contribution in [0.4, 0.5) is 0 Å². The van der Waals surface area contributed by atoms with Crippen molar-refractivity contribution in [2.45, 2.75) is 31.3 Å². The summed E-state index contributed by atoms with van der Waals surface area (Å²) in [6.45, 7) is 8.62. The topological polar surface area (TPSA) is 66.0 Å². The number of benzene rings is 2. The van der Waals surface area contributed by atoms with Gasteiger partial charge in [0.1, 0.15) is 12.0 Å². The van der Waals surface area contributed by atoms with Crippen molar-refractivity contribution in [3.8, 4) is 28.6 Å². The Hall–Kier alpha value is -3.32. The van der Waals surface area contributed by atoms with Crippen LogP contribution in [0.5, 0.6) is 5.75 Å². The Labute approximate surface area is 186 Å². The zero-order valence-electron chi connectivity index (χ0n) is 17.8. The monoisotopic (exact) mass is 432 g/mol. The number of thioether (sulfide) groups is 1. The van der Waals surface area contributed by atoms with E-state index in [0.717, 1.165) is 39.1 Å². The number of hydrogen-bond acceptors (Lipinski definition) is 6. The third-order valence-corrected chi connectivity index (χ3v) is 5.89. The first-order chi connectivity index (χ1) is 15.1. The highest BCUT2D eigenvalue weighted by Gasteiger charge is 2.17. The number of rotatable bonds is 8. The van der Waals surface area contributed by atoms with Crippen LogP contribution in [0.2, 0.25) is 0 Å². The van der Waals surface area contributed by atoms with Gasteiger partial charge in [-0.25, -0.2) is 4.98 Å². The molecule has 2 aromatic carbocycles. The van der Waals surface area contributed by atoms with Crippen molar-refractivity contribution in [2.75, 3.05) is 7.11 Å². The van der Waals surface area contributed by atoms with Crippen LogP contribution >= 0.6 is 11.8 Å². The normalized spacial score (nSPS) is 10.9. The number of aromatic nitrogens is 4. The summed E-state index contributed by atoms with van der Waals surface area (Å²) in [6, 6.07) is 14.0. The predicted octanol–water partition coefficient (Wildman–Crippen LogP) is 5.70. The minimum atomic E-state index is 0.593. The molecule has 31 heavy (non-hydrogen) atoms. The molecule has 0 amide bonds. The van der Waals surface area contributed by atoms with Gasteiger partial charge in [-0.2, -0.15) is 0 Å². The molecule has 0 aliphatic carbocycles. The maximum absolute atomic E-state index is 5.74. The number of oxazole rings is 1. The molecule has 0 bridgehead atoms. The fourth-order valence-electron chi connectivity index (χ4n) is 3.41. The molecule has 4 aromatic rings. The van der Waals surface area contributed by atoms with E-state index in [-0.39, 0.29) is 0 Å². The first kappa shape index (κ1) is 20.9. The van der Waals surface area contributed by atoms with E-state index >= 15 is 0 Å². The van der Waals surface area contributed by atoms with Gasteiger partial charge >= 0.3 is 0 Å². The van der Waals surface area contributed by atoms with Gasteiger partial charge in [0, 0.05) is 17.9 Å². The van der Waals surface area contributed by atoms with Gasteiger partial charge in [-0.05, 0) is 37.6 Å². The molecular formula is C24H24N4O2S. The van der Waals surface area contributed by atoms with Gasteiger partial charge in [-0.15, -0.1) is 16.8 Å². The summed E-state index contributed by atoms with van der Waals surface area (Å²) in [4.78, 5) is 4.67. The van der Waals surface area contributed by atoms with Gasteiger partial charge in [0.2, 0.25) is 5.89 Å². The van der Waals surface area contributed by atoms with E-state index in [4.69, 9.17) is 9.15 Å². The van der Waals surface area contributed by atoms with Crippen molar-refractivity contribution in [2.24, 2.45) is 0 Å². The zero-order chi connectivity index (χ0) is 21.8. The van der Waals surface area contributed by atoms with E-state index in [9.17, 15) is 0 Å². The molecule has 6 nitrogen and oxygen atoms in total. The quantitative estimate of drug-likeness (QED) is 0.263. The van der Waals surface area contributed by atoms with Crippen LogP contribution in [0.3, 0.4) is 0 Å². The highest BCUT2D eigenvalue weighted by molar-refractivity contribution is 7.98. The molecule has 2 aromatic heterocycles. The number of para-hydroxylation sites is 1. The molecule has 0 aliphatic rings. The van der Waals surface area contributed by atoms with Gasteiger partial charge in [0.25, 0.3) is 0 Å². The second-order valence-corrected chi connectivity index (χ2v) is 8.10. The summed E-state index contributed by atoms with van der Waals surface area (Å²) in [5.74, 6) is 2.76. The van der Waals surface area contributed by atoms with E-state index in [0.29, 0.717) is 18.2 Å². The number of allylic oxidation sites excluding steroid dienone is 1. The first-order valence-corrected chi connectivity index (χ1v) is 10.9. The largest absolute Gasteiger partial charge is 0.496 e. The molecule has 2 heterocycles. The molecule has 0 saturated carbocycles. The van der Waals surface area contributed by atoms with Gasteiger partial charge in [-0.1, -0.05) is 47.7 Å².